The number of fused-ring (bicyclic) bond motifs is 6. The number of allylic oxidation sites excluding steroid dienone is 6. The Morgan fingerprint density at radius 1 is 0.532 bits per heavy atom. The fraction of sp³-hybridized carbons (Fsp3) is 0.250. The van der Waals surface area contributed by atoms with E-state index in [0.717, 1.165) is 60.7 Å². The highest BCUT2D eigenvalue weighted by atomic mass is 32.2. The predicted octanol–water partition coefficient (Wildman–Crippen LogP) is 7.29. The van der Waals surface area contributed by atoms with Crippen molar-refractivity contribution in [2.45, 2.75) is 88.7 Å². The second kappa shape index (κ2) is 20.8. The van der Waals surface area contributed by atoms with E-state index >= 15 is 0 Å². The van der Waals surface area contributed by atoms with Gasteiger partial charge in [0.1, 0.15) is 45.4 Å². The molecule has 6 aromatic carbocycles. The molecule has 6 aromatic rings. The van der Waals surface area contributed by atoms with Gasteiger partial charge >= 0.3 is 0 Å². The maximum absolute atomic E-state index is 12.8. The Balaban J connectivity index is 0.00000105. The summed E-state index contributed by atoms with van der Waals surface area (Å²) in [5, 5.41) is -0.687. The number of benzene rings is 6. The van der Waals surface area contributed by atoms with Crippen molar-refractivity contribution >= 4 is 111 Å². The first-order chi connectivity index (χ1) is 36.2. The lowest BCUT2D eigenvalue weighted by Gasteiger charge is -2.30. The van der Waals surface area contributed by atoms with Crippen LogP contribution in [0.3, 0.4) is 0 Å². The molecule has 0 bridgehead atoms. The molecule has 2 aliphatic heterocycles. The summed E-state index contributed by atoms with van der Waals surface area (Å²) in [4.78, 5) is -3.17. The molecule has 2 aliphatic rings. The summed E-state index contributed by atoms with van der Waals surface area (Å²) in [5.74, 6) is 0. The zero-order chi connectivity index (χ0) is 59.0. The average Bonchev–Trinajstić information content (AvgIpc) is 3.73. The molecule has 0 saturated carbocycles. The molecule has 8 rings (SSSR count). The van der Waals surface area contributed by atoms with Crippen LogP contribution < -0.4 is 9.48 Å². The third-order valence-electron chi connectivity index (χ3n) is 14.5. The average molecular weight is 1200 g/mol. The van der Waals surface area contributed by atoms with E-state index < -0.39 is 101 Å². The molecular formula is C52H53N3O18S6-2. The zero-order valence-electron chi connectivity index (χ0n) is 43.5. The molecular weight excluding hydrogens is 1150 g/mol. The van der Waals surface area contributed by atoms with Gasteiger partial charge in [-0.1, -0.05) is 56.3 Å². The second-order valence-corrected chi connectivity index (χ2v) is 28.2. The Labute approximate surface area is 459 Å². The van der Waals surface area contributed by atoms with Crippen LogP contribution in [0.25, 0.3) is 21.5 Å². The molecule has 0 amide bonds. The third kappa shape index (κ3) is 11.8. The zero-order valence-corrected chi connectivity index (χ0v) is 48.4. The van der Waals surface area contributed by atoms with Gasteiger partial charge in [-0.2, -0.15) is 21.4 Å². The highest BCUT2D eigenvalue weighted by Crippen LogP contribution is 2.55. The van der Waals surface area contributed by atoms with Gasteiger partial charge in [0.25, 0.3) is 20.2 Å². The van der Waals surface area contributed by atoms with Crippen molar-refractivity contribution in [2.24, 2.45) is 0 Å². The van der Waals surface area contributed by atoms with Crippen molar-refractivity contribution in [1.82, 2.24) is 4.58 Å². The smallest absolute Gasteiger partial charge is 0.294 e. The van der Waals surface area contributed by atoms with Crippen molar-refractivity contribution in [3.05, 3.63) is 144 Å². The molecule has 79 heavy (non-hydrogen) atoms. The van der Waals surface area contributed by atoms with Gasteiger partial charge in [0.2, 0.25) is 11.4 Å². The van der Waals surface area contributed by atoms with Gasteiger partial charge in [-0.25, -0.2) is 33.7 Å². The van der Waals surface area contributed by atoms with E-state index in [1.807, 2.05) is 0 Å². The molecule has 0 aliphatic carbocycles. The first-order valence-electron chi connectivity index (χ1n) is 23.8. The number of hydrogen-bond acceptors (Lipinski definition) is 17. The van der Waals surface area contributed by atoms with Gasteiger partial charge in [0.15, 0.2) is 5.71 Å². The summed E-state index contributed by atoms with van der Waals surface area (Å²) in [6.45, 7) is 17.2. The van der Waals surface area contributed by atoms with Crippen LogP contribution in [-0.2, 0) is 71.5 Å². The van der Waals surface area contributed by atoms with Gasteiger partial charge in [-0.15, -0.1) is 0 Å². The van der Waals surface area contributed by atoms with Crippen molar-refractivity contribution in [2.75, 3.05) is 31.6 Å². The van der Waals surface area contributed by atoms with Crippen LogP contribution in [0.1, 0.15) is 59.6 Å². The monoisotopic (exact) mass is 1200 g/mol. The topological polar surface area (TPSA) is 344 Å². The molecule has 0 radical (unpaired) electrons. The van der Waals surface area contributed by atoms with Gasteiger partial charge in [-0.3, -0.25) is 9.11 Å². The summed E-state index contributed by atoms with van der Waals surface area (Å²) in [7, 11) is -28.5. The molecule has 27 heteroatoms. The molecule has 0 spiro atoms. The van der Waals surface area contributed by atoms with E-state index in [1.165, 1.54) is 100 Å². The largest absolute Gasteiger partial charge is 0.744 e. The number of rotatable bonds is 14. The number of anilines is 2. The second-order valence-electron chi connectivity index (χ2n) is 19.9. The molecule has 0 saturated heterocycles. The lowest BCUT2D eigenvalue weighted by Crippen LogP contribution is -2.42. The first kappa shape index (κ1) is 60.6. The lowest BCUT2D eigenvalue weighted by molar-refractivity contribution is -0.904. The number of nitrogens with zero attached hydrogens (tertiary/aromatic N) is 3. The van der Waals surface area contributed by atoms with Crippen LogP contribution in [0, 0.1) is 0 Å². The van der Waals surface area contributed by atoms with E-state index in [-0.39, 0.29) is 55.7 Å². The summed E-state index contributed by atoms with van der Waals surface area (Å²) in [5.41, 5.74) is -1.15. The van der Waals surface area contributed by atoms with Gasteiger partial charge in [-0.05, 0) is 112 Å². The maximum Gasteiger partial charge on any atom is 0.294 e. The minimum absolute atomic E-state index is 0.0211. The Morgan fingerprint density at radius 2 is 1.01 bits per heavy atom. The van der Waals surface area contributed by atoms with Crippen LogP contribution in [0.2, 0.25) is 0 Å². The van der Waals surface area contributed by atoms with Crippen LogP contribution in [-0.4, -0.2) is 115 Å². The first-order valence-corrected chi connectivity index (χ1v) is 32.3. The Bertz CT molecular complexity index is 4380. The lowest BCUT2D eigenvalue weighted by atomic mass is 9.79. The van der Waals surface area contributed by atoms with Crippen molar-refractivity contribution < 1.29 is 82.3 Å². The van der Waals surface area contributed by atoms with Crippen LogP contribution >= 0.6 is 0 Å². The van der Waals surface area contributed by atoms with Gasteiger partial charge in [0.05, 0.1) is 62.3 Å². The van der Waals surface area contributed by atoms with E-state index in [2.05, 4.69) is 27.8 Å². The standard InChI is InChI=1S/C45H38N2O18S6.C7H18N/c1-44(2)40(46(26-10-8-12-28(20-26)66(48,49)50)36-24-38(70(60,61)62)34-22-30(68(54,55)56)16-18-32(34)42(36)44)14-6-5-7-15-41-45(3,4)43-33-19-17-31(69(57,58)59)23-35(33)39(71(63,64)65)25-37(43)47(41)27-11-9-13-29(21-27)67(51,52)53;1-5-8(4,6-2)7-3/h5-25H,1-4H3,(H5-,48,49,50,51,52,53,54,55,56,57,58,59,60,61,62,63,64,65);5-7H2,1-4H3/q;+1/p-3. The summed E-state index contributed by atoms with van der Waals surface area (Å²) >= 11 is 0. The number of quaternary nitrogens is 1. The van der Waals surface area contributed by atoms with E-state index in [0.29, 0.717) is 11.1 Å². The van der Waals surface area contributed by atoms with Crippen molar-refractivity contribution in [3.63, 3.8) is 0 Å². The highest BCUT2D eigenvalue weighted by molar-refractivity contribution is 7.87. The third-order valence-corrected chi connectivity index (χ3v) is 19.6. The van der Waals surface area contributed by atoms with E-state index in [4.69, 9.17) is 0 Å². The summed E-state index contributed by atoms with van der Waals surface area (Å²) in [6, 6.07) is 17.5. The summed E-state index contributed by atoms with van der Waals surface area (Å²) < 4.78 is 221. The SMILES string of the molecule is CC1(C)C(/C=C/C=C/C=C2/N(c3cccc(S(=O)(=O)O)c3)c3cc(S(=O)(=O)[O-])c4cc(S(=O)(=O)[O-])ccc4c3C2(C)C)=[N+](c2cccc(S(=O)(=O)O)c2)c2cc(S(=O)(=O)[O-])c3cc(S(=O)(=O)[O-])ccc3c21.CC[N+](C)(CC)CC. The molecule has 2 heterocycles. The highest BCUT2D eigenvalue weighted by Gasteiger charge is 2.48. The molecule has 0 fully saturated rings. The summed E-state index contributed by atoms with van der Waals surface area (Å²) in [6.07, 6.45) is 7.55. The van der Waals surface area contributed by atoms with E-state index in [9.17, 15) is 77.8 Å². The van der Waals surface area contributed by atoms with Crippen LogP contribution in [0.5, 0.6) is 0 Å². The Kier molecular flexibility index (Phi) is 16.0. The van der Waals surface area contributed by atoms with Gasteiger partial charge in [0, 0.05) is 57.4 Å². The molecule has 0 atom stereocenters. The molecule has 21 nitrogen and oxygen atoms in total. The fourth-order valence-electron chi connectivity index (χ4n) is 9.90. The predicted molar refractivity (Wildman–Crippen MR) is 291 cm³/mol. The molecule has 422 valence electrons. The van der Waals surface area contributed by atoms with E-state index in [1.54, 1.807) is 27.7 Å². The van der Waals surface area contributed by atoms with Crippen LogP contribution in [0.15, 0.2) is 163 Å². The quantitative estimate of drug-likeness (QED) is 0.0468. The number of hydrogen-bond donors (Lipinski definition) is 2. The van der Waals surface area contributed by atoms with Crippen molar-refractivity contribution in [3.8, 4) is 0 Å². The molecule has 2 N–H and O–H groups in total. The fourth-order valence-corrected chi connectivity index (χ4v) is 13.3. The van der Waals surface area contributed by atoms with Gasteiger partial charge < -0.3 is 27.6 Å². The van der Waals surface area contributed by atoms with Crippen LogP contribution in [0.4, 0.5) is 22.7 Å². The van der Waals surface area contributed by atoms with Crippen molar-refractivity contribution in [1.29, 1.82) is 0 Å². The minimum Gasteiger partial charge on any atom is -0.744 e. The molecule has 0 unspecified atom stereocenters. The minimum atomic E-state index is -5.41. The Morgan fingerprint density at radius 3 is 1.48 bits per heavy atom. The maximum atomic E-state index is 12.8. The normalized spacial score (nSPS) is 16.5. The molecule has 0 aromatic heterocycles. The Hall–Kier alpha value is -6.05.